The summed E-state index contributed by atoms with van der Waals surface area (Å²) in [5, 5.41) is 0. The summed E-state index contributed by atoms with van der Waals surface area (Å²) in [5.41, 5.74) is 5.14. The molecule has 0 radical (unpaired) electrons. The Hall–Kier alpha value is -3.36. The van der Waals surface area contributed by atoms with Crippen molar-refractivity contribution in [1.29, 1.82) is 0 Å². The molecule has 1 saturated heterocycles. The van der Waals surface area contributed by atoms with E-state index in [-0.39, 0.29) is 25.5 Å². The maximum absolute atomic E-state index is 13.4. The molecule has 0 saturated carbocycles. The standard InChI is InChI=1S/C23H29N5O4/c1-7-32-18(29)8-9-26-21(30)19-20(25(6)23(26)31)24-22-27(15(4)16(5)28(19)22)17-11-13(2)10-14(3)12-17/h10-12,19-20H,7-9H2,1-6H3. The minimum Gasteiger partial charge on any atom is -0.466 e. The molecule has 3 aliphatic heterocycles. The first-order valence-corrected chi connectivity index (χ1v) is 10.8. The zero-order valence-corrected chi connectivity index (χ0v) is 19.4. The number of hydrogen-bond donors (Lipinski definition) is 0. The molecule has 0 bridgehead atoms. The van der Waals surface area contributed by atoms with Gasteiger partial charge in [0, 0.05) is 30.7 Å². The summed E-state index contributed by atoms with van der Waals surface area (Å²) in [6.45, 7) is 10.0. The summed E-state index contributed by atoms with van der Waals surface area (Å²) in [4.78, 5) is 49.6. The van der Waals surface area contributed by atoms with E-state index < -0.39 is 24.2 Å². The minimum atomic E-state index is -0.666. The molecule has 32 heavy (non-hydrogen) atoms. The van der Waals surface area contributed by atoms with Crippen LogP contribution in [0.5, 0.6) is 0 Å². The van der Waals surface area contributed by atoms with Gasteiger partial charge in [0.1, 0.15) is 0 Å². The topological polar surface area (TPSA) is 85.8 Å². The summed E-state index contributed by atoms with van der Waals surface area (Å²) in [5.74, 6) is -0.147. The average molecular weight is 440 g/mol. The van der Waals surface area contributed by atoms with Crippen molar-refractivity contribution in [2.75, 3.05) is 25.1 Å². The van der Waals surface area contributed by atoms with Gasteiger partial charge < -0.3 is 9.64 Å². The van der Waals surface area contributed by atoms with Crippen LogP contribution in [0.4, 0.5) is 10.5 Å². The number of likely N-dealkylation sites (N-methyl/N-ethyl adjacent to an activating group) is 1. The smallest absolute Gasteiger partial charge is 0.328 e. The van der Waals surface area contributed by atoms with Crippen LogP contribution in [0.25, 0.3) is 0 Å². The Balaban J connectivity index is 1.67. The third-order valence-electron chi connectivity index (χ3n) is 6.20. The normalized spacial score (nSPS) is 22.5. The molecule has 4 rings (SSSR count). The molecule has 1 aromatic rings. The van der Waals surface area contributed by atoms with Crippen LogP contribution in [0.1, 0.15) is 38.3 Å². The van der Waals surface area contributed by atoms with Crippen LogP contribution in [-0.2, 0) is 14.3 Å². The van der Waals surface area contributed by atoms with Gasteiger partial charge >= 0.3 is 12.0 Å². The predicted molar refractivity (Wildman–Crippen MR) is 120 cm³/mol. The number of allylic oxidation sites excluding steroid dienone is 2. The first-order valence-electron chi connectivity index (χ1n) is 10.8. The Morgan fingerprint density at radius 2 is 1.72 bits per heavy atom. The van der Waals surface area contributed by atoms with E-state index in [1.165, 1.54) is 4.90 Å². The molecular weight excluding hydrogens is 410 g/mol. The van der Waals surface area contributed by atoms with Crippen molar-refractivity contribution in [1.82, 2.24) is 14.7 Å². The summed E-state index contributed by atoms with van der Waals surface area (Å²) in [6.07, 6.45) is -0.660. The third-order valence-corrected chi connectivity index (χ3v) is 6.20. The molecule has 9 heteroatoms. The highest BCUT2D eigenvalue weighted by atomic mass is 16.5. The van der Waals surface area contributed by atoms with E-state index in [0.717, 1.165) is 33.1 Å². The fourth-order valence-corrected chi connectivity index (χ4v) is 4.64. The Labute approximate surface area is 187 Å². The van der Waals surface area contributed by atoms with Crippen molar-refractivity contribution < 1.29 is 19.1 Å². The molecule has 3 heterocycles. The molecule has 2 unspecified atom stereocenters. The van der Waals surface area contributed by atoms with Crippen LogP contribution in [0.15, 0.2) is 34.6 Å². The number of nitrogens with zero attached hydrogens (tertiary/aromatic N) is 5. The zero-order valence-electron chi connectivity index (χ0n) is 19.4. The molecule has 0 aromatic heterocycles. The van der Waals surface area contributed by atoms with Gasteiger partial charge in [-0.05, 0) is 57.9 Å². The fraction of sp³-hybridized carbons (Fsp3) is 0.478. The number of benzene rings is 1. The number of guanidine groups is 1. The van der Waals surface area contributed by atoms with Crippen molar-refractivity contribution in [2.45, 2.75) is 53.2 Å². The lowest BCUT2D eigenvalue weighted by atomic mass is 10.1. The molecule has 2 atom stereocenters. The summed E-state index contributed by atoms with van der Waals surface area (Å²) < 4.78 is 4.95. The van der Waals surface area contributed by atoms with Crippen molar-refractivity contribution in [2.24, 2.45) is 4.99 Å². The number of carbonyl (C=O) groups is 3. The molecule has 170 valence electrons. The van der Waals surface area contributed by atoms with E-state index in [4.69, 9.17) is 9.73 Å². The van der Waals surface area contributed by atoms with Gasteiger partial charge in [0.15, 0.2) is 12.2 Å². The second-order valence-electron chi connectivity index (χ2n) is 8.45. The lowest BCUT2D eigenvalue weighted by Gasteiger charge is -2.40. The molecular formula is C23H29N5O4. The number of anilines is 1. The number of hydrogen-bond acceptors (Lipinski definition) is 7. The molecule has 0 spiro atoms. The molecule has 3 amide bonds. The van der Waals surface area contributed by atoms with Crippen molar-refractivity contribution in [3.63, 3.8) is 0 Å². The molecule has 1 aromatic carbocycles. The highest BCUT2D eigenvalue weighted by Gasteiger charge is 2.55. The lowest BCUT2D eigenvalue weighted by Crippen LogP contribution is -2.64. The number of imide groups is 1. The summed E-state index contributed by atoms with van der Waals surface area (Å²) in [7, 11) is 1.64. The van der Waals surface area contributed by atoms with Crippen LogP contribution in [0.3, 0.4) is 0 Å². The summed E-state index contributed by atoms with van der Waals surface area (Å²) >= 11 is 0. The molecule has 3 aliphatic rings. The van der Waals surface area contributed by atoms with Gasteiger partial charge in [-0.1, -0.05) is 6.07 Å². The highest BCUT2D eigenvalue weighted by Crippen LogP contribution is 2.40. The quantitative estimate of drug-likeness (QED) is 0.656. The van der Waals surface area contributed by atoms with Gasteiger partial charge in [-0.2, -0.15) is 0 Å². The van der Waals surface area contributed by atoms with Gasteiger partial charge in [0.05, 0.1) is 13.0 Å². The van der Waals surface area contributed by atoms with Crippen molar-refractivity contribution in [3.8, 4) is 0 Å². The maximum atomic E-state index is 13.4. The second-order valence-corrected chi connectivity index (χ2v) is 8.45. The van der Waals surface area contributed by atoms with Crippen molar-refractivity contribution >= 4 is 29.6 Å². The third kappa shape index (κ3) is 3.32. The number of amides is 3. The van der Waals surface area contributed by atoms with Gasteiger partial charge in [-0.3, -0.25) is 24.3 Å². The number of ether oxygens (including phenoxy) is 1. The molecule has 9 nitrogen and oxygen atoms in total. The monoisotopic (exact) mass is 439 g/mol. The van der Waals surface area contributed by atoms with Gasteiger partial charge in [-0.15, -0.1) is 0 Å². The second kappa shape index (κ2) is 7.96. The van der Waals surface area contributed by atoms with E-state index in [1.807, 2.05) is 37.5 Å². The largest absolute Gasteiger partial charge is 0.466 e. The number of aliphatic imine (C=N–C) groups is 1. The zero-order chi connectivity index (χ0) is 23.3. The maximum Gasteiger partial charge on any atom is 0.328 e. The molecule has 1 fully saturated rings. The fourth-order valence-electron chi connectivity index (χ4n) is 4.64. The number of aryl methyl sites for hydroxylation is 2. The van der Waals surface area contributed by atoms with E-state index >= 15 is 0 Å². The van der Waals surface area contributed by atoms with E-state index in [2.05, 4.69) is 18.2 Å². The molecule has 0 aliphatic carbocycles. The highest BCUT2D eigenvalue weighted by molar-refractivity contribution is 6.10. The van der Waals surface area contributed by atoms with E-state index in [9.17, 15) is 14.4 Å². The van der Waals surface area contributed by atoms with Crippen LogP contribution in [-0.4, -0.2) is 71.0 Å². The number of fused-ring (bicyclic) bond motifs is 3. The predicted octanol–water partition coefficient (Wildman–Crippen LogP) is 2.59. The summed E-state index contributed by atoms with van der Waals surface area (Å²) in [6, 6.07) is 5.15. The Bertz CT molecular complexity index is 1040. The van der Waals surface area contributed by atoms with Crippen LogP contribution in [0.2, 0.25) is 0 Å². The SMILES string of the molecule is CCOC(=O)CCN1C(=O)C2C(N=C3N(c4cc(C)cc(C)c4)C(C)=C(C)N32)N(C)C1=O. The Kier molecular flexibility index (Phi) is 5.44. The number of urea groups is 1. The number of rotatable bonds is 5. The lowest BCUT2D eigenvalue weighted by molar-refractivity contribution is -0.144. The van der Waals surface area contributed by atoms with Gasteiger partial charge in [-0.25, -0.2) is 9.79 Å². The van der Waals surface area contributed by atoms with E-state index in [0.29, 0.717) is 5.96 Å². The average Bonchev–Trinajstić information content (AvgIpc) is 3.21. The van der Waals surface area contributed by atoms with Gasteiger partial charge in [0.2, 0.25) is 5.96 Å². The van der Waals surface area contributed by atoms with Gasteiger partial charge in [0.25, 0.3) is 5.91 Å². The van der Waals surface area contributed by atoms with Crippen LogP contribution < -0.4 is 4.90 Å². The Morgan fingerprint density at radius 1 is 1.06 bits per heavy atom. The molecule has 0 N–H and O–H groups in total. The van der Waals surface area contributed by atoms with Crippen LogP contribution >= 0.6 is 0 Å². The van der Waals surface area contributed by atoms with E-state index in [1.54, 1.807) is 14.0 Å². The van der Waals surface area contributed by atoms with Crippen LogP contribution in [0, 0.1) is 13.8 Å². The van der Waals surface area contributed by atoms with Crippen molar-refractivity contribution in [3.05, 3.63) is 40.7 Å². The number of carbonyl (C=O) groups excluding carboxylic acids is 3. The Morgan fingerprint density at radius 3 is 2.34 bits per heavy atom. The minimum absolute atomic E-state index is 0.0181. The first kappa shape index (κ1) is 21.9. The number of esters is 1. The first-order chi connectivity index (χ1) is 15.1.